The summed E-state index contributed by atoms with van der Waals surface area (Å²) in [7, 11) is 3.57. The number of carbonyl (C=O) groups is 1. The molecule has 0 aromatic heterocycles. The molecule has 1 N–H and O–H groups in total. The Bertz CT molecular complexity index is 441. The smallest absolute Gasteiger partial charge is 0.253 e. The van der Waals surface area contributed by atoms with Crippen molar-refractivity contribution < 1.29 is 4.79 Å². The van der Waals surface area contributed by atoms with Gasteiger partial charge in [0.15, 0.2) is 0 Å². The number of hydrogen-bond donors (Lipinski definition) is 1. The molecule has 21 heavy (non-hydrogen) atoms. The van der Waals surface area contributed by atoms with Crippen LogP contribution in [-0.2, 0) is 0 Å². The summed E-state index contributed by atoms with van der Waals surface area (Å²) in [5.41, 5.74) is 3.02. The van der Waals surface area contributed by atoms with Crippen LogP contribution in [0.25, 0.3) is 0 Å². The van der Waals surface area contributed by atoms with Crippen molar-refractivity contribution in [2.24, 2.45) is 0 Å². The van der Waals surface area contributed by atoms with Crippen LogP contribution in [0, 0.1) is 6.92 Å². The Labute approximate surface area is 129 Å². The standard InChI is InChI=1S/C18H30N2O/c1-5-6-7-8-9-10-13-19-17-14-16(12-11-15(17)2)18(21)20(3)4/h11-12,14,19H,5-10,13H2,1-4H3. The number of aryl methyl sites for hydroxylation is 1. The van der Waals surface area contributed by atoms with Crippen molar-refractivity contribution in [3.63, 3.8) is 0 Å². The highest BCUT2D eigenvalue weighted by Crippen LogP contribution is 2.18. The zero-order valence-electron chi connectivity index (χ0n) is 14.0. The molecule has 1 amide bonds. The number of nitrogens with one attached hydrogen (secondary N) is 1. The molecule has 0 aliphatic heterocycles. The minimum atomic E-state index is 0.0533. The second-order valence-electron chi connectivity index (χ2n) is 5.92. The van der Waals surface area contributed by atoms with E-state index in [0.717, 1.165) is 17.8 Å². The van der Waals surface area contributed by atoms with Crippen molar-refractivity contribution in [3.05, 3.63) is 29.3 Å². The fraction of sp³-hybridized carbons (Fsp3) is 0.611. The lowest BCUT2D eigenvalue weighted by molar-refractivity contribution is 0.0827. The molecule has 0 saturated carbocycles. The van der Waals surface area contributed by atoms with Crippen molar-refractivity contribution in [2.75, 3.05) is 26.0 Å². The molecule has 0 spiro atoms. The minimum absolute atomic E-state index is 0.0533. The van der Waals surface area contributed by atoms with E-state index in [0.29, 0.717) is 0 Å². The third-order valence-electron chi connectivity index (χ3n) is 3.74. The van der Waals surface area contributed by atoms with Gasteiger partial charge in [-0.1, -0.05) is 45.1 Å². The zero-order valence-corrected chi connectivity index (χ0v) is 14.0. The van der Waals surface area contributed by atoms with Crippen LogP contribution in [0.4, 0.5) is 5.69 Å². The molecule has 3 heteroatoms. The summed E-state index contributed by atoms with van der Waals surface area (Å²) in [5.74, 6) is 0.0533. The van der Waals surface area contributed by atoms with Crippen LogP contribution in [0.3, 0.4) is 0 Å². The zero-order chi connectivity index (χ0) is 15.7. The number of nitrogens with zero attached hydrogens (tertiary/aromatic N) is 1. The third-order valence-corrected chi connectivity index (χ3v) is 3.74. The first kappa shape index (κ1) is 17.5. The lowest BCUT2D eigenvalue weighted by atomic mass is 10.1. The maximum absolute atomic E-state index is 12.0. The predicted octanol–water partition coefficient (Wildman–Crippen LogP) is 4.47. The normalized spacial score (nSPS) is 10.5. The molecule has 0 saturated heterocycles. The molecule has 1 rings (SSSR count). The summed E-state index contributed by atoms with van der Waals surface area (Å²) in [6.07, 6.45) is 7.79. The van der Waals surface area contributed by atoms with Gasteiger partial charge in [-0.2, -0.15) is 0 Å². The first-order valence-corrected chi connectivity index (χ1v) is 8.12. The van der Waals surface area contributed by atoms with Crippen LogP contribution in [-0.4, -0.2) is 31.4 Å². The number of benzene rings is 1. The van der Waals surface area contributed by atoms with E-state index in [2.05, 4.69) is 19.2 Å². The average molecular weight is 290 g/mol. The van der Waals surface area contributed by atoms with Crippen LogP contribution >= 0.6 is 0 Å². The largest absolute Gasteiger partial charge is 0.385 e. The fourth-order valence-corrected chi connectivity index (χ4v) is 2.33. The number of rotatable bonds is 9. The number of carbonyl (C=O) groups excluding carboxylic acids is 1. The van der Waals surface area contributed by atoms with Gasteiger partial charge in [-0.25, -0.2) is 0 Å². The predicted molar refractivity (Wildman–Crippen MR) is 91.1 cm³/mol. The van der Waals surface area contributed by atoms with Gasteiger partial charge < -0.3 is 10.2 Å². The third kappa shape index (κ3) is 6.19. The van der Waals surface area contributed by atoms with E-state index in [4.69, 9.17) is 0 Å². The molecule has 0 heterocycles. The van der Waals surface area contributed by atoms with Crippen molar-refractivity contribution in [3.8, 4) is 0 Å². The fourth-order valence-electron chi connectivity index (χ4n) is 2.33. The average Bonchev–Trinajstić information content (AvgIpc) is 2.47. The topological polar surface area (TPSA) is 32.3 Å². The summed E-state index contributed by atoms with van der Waals surface area (Å²) < 4.78 is 0. The second kappa shape index (κ2) is 9.43. The molecular formula is C18H30N2O. The van der Waals surface area contributed by atoms with E-state index in [9.17, 15) is 4.79 Å². The van der Waals surface area contributed by atoms with Gasteiger partial charge in [0.1, 0.15) is 0 Å². The van der Waals surface area contributed by atoms with Gasteiger partial charge >= 0.3 is 0 Å². The Hall–Kier alpha value is -1.51. The monoisotopic (exact) mass is 290 g/mol. The first-order valence-electron chi connectivity index (χ1n) is 8.12. The van der Waals surface area contributed by atoms with E-state index in [1.54, 1.807) is 19.0 Å². The molecule has 0 bridgehead atoms. The SMILES string of the molecule is CCCCCCCCNc1cc(C(=O)N(C)C)ccc1C. The second-order valence-corrected chi connectivity index (χ2v) is 5.92. The van der Waals surface area contributed by atoms with Gasteiger partial charge in [-0.15, -0.1) is 0 Å². The first-order chi connectivity index (χ1) is 10.1. The highest BCUT2D eigenvalue weighted by atomic mass is 16.2. The lowest BCUT2D eigenvalue weighted by Crippen LogP contribution is -2.21. The molecular weight excluding hydrogens is 260 g/mol. The molecule has 0 aliphatic carbocycles. The Balaban J connectivity index is 2.44. The summed E-state index contributed by atoms with van der Waals surface area (Å²) >= 11 is 0. The van der Waals surface area contributed by atoms with Crippen molar-refractivity contribution in [1.29, 1.82) is 0 Å². The van der Waals surface area contributed by atoms with Gasteiger partial charge in [-0.3, -0.25) is 4.79 Å². The molecule has 1 aromatic rings. The summed E-state index contributed by atoms with van der Waals surface area (Å²) in [6.45, 7) is 5.30. The van der Waals surface area contributed by atoms with Crippen LogP contribution in [0.2, 0.25) is 0 Å². The molecule has 118 valence electrons. The van der Waals surface area contributed by atoms with Crippen molar-refractivity contribution in [1.82, 2.24) is 4.90 Å². The minimum Gasteiger partial charge on any atom is -0.385 e. The summed E-state index contributed by atoms with van der Waals surface area (Å²) in [6, 6.07) is 5.88. The van der Waals surface area contributed by atoms with Crippen molar-refractivity contribution >= 4 is 11.6 Å². The molecule has 0 unspecified atom stereocenters. The summed E-state index contributed by atoms with van der Waals surface area (Å²) in [5, 5.41) is 3.47. The van der Waals surface area contributed by atoms with Crippen LogP contribution in [0.5, 0.6) is 0 Å². The molecule has 0 fully saturated rings. The number of hydrogen-bond acceptors (Lipinski definition) is 2. The Morgan fingerprint density at radius 3 is 2.43 bits per heavy atom. The molecule has 0 radical (unpaired) electrons. The molecule has 3 nitrogen and oxygen atoms in total. The van der Waals surface area contributed by atoms with Gasteiger partial charge in [0.25, 0.3) is 5.91 Å². The number of anilines is 1. The summed E-state index contributed by atoms with van der Waals surface area (Å²) in [4.78, 5) is 13.6. The van der Waals surface area contributed by atoms with E-state index in [-0.39, 0.29) is 5.91 Å². The highest BCUT2D eigenvalue weighted by Gasteiger charge is 2.09. The lowest BCUT2D eigenvalue weighted by Gasteiger charge is -2.14. The van der Waals surface area contributed by atoms with Gasteiger partial charge in [0.05, 0.1) is 0 Å². The van der Waals surface area contributed by atoms with E-state index >= 15 is 0 Å². The van der Waals surface area contributed by atoms with E-state index < -0.39 is 0 Å². The molecule has 0 atom stereocenters. The number of amides is 1. The quantitative estimate of drug-likeness (QED) is 0.681. The van der Waals surface area contributed by atoms with Crippen LogP contribution in [0.1, 0.15) is 61.4 Å². The van der Waals surface area contributed by atoms with Gasteiger partial charge in [-0.05, 0) is 31.0 Å². The maximum atomic E-state index is 12.0. The van der Waals surface area contributed by atoms with Crippen LogP contribution in [0.15, 0.2) is 18.2 Å². The Kier molecular flexibility index (Phi) is 7.88. The van der Waals surface area contributed by atoms with Gasteiger partial charge in [0.2, 0.25) is 0 Å². The molecule has 1 aromatic carbocycles. The van der Waals surface area contributed by atoms with E-state index in [1.165, 1.54) is 44.1 Å². The van der Waals surface area contributed by atoms with E-state index in [1.807, 2.05) is 18.2 Å². The Morgan fingerprint density at radius 2 is 1.76 bits per heavy atom. The highest BCUT2D eigenvalue weighted by molar-refractivity contribution is 5.95. The molecule has 0 aliphatic rings. The Morgan fingerprint density at radius 1 is 1.10 bits per heavy atom. The number of unbranched alkanes of at least 4 members (excludes halogenated alkanes) is 5. The van der Waals surface area contributed by atoms with Crippen LogP contribution < -0.4 is 5.32 Å². The maximum Gasteiger partial charge on any atom is 0.253 e. The van der Waals surface area contributed by atoms with Gasteiger partial charge in [0, 0.05) is 31.9 Å². The van der Waals surface area contributed by atoms with Crippen molar-refractivity contribution in [2.45, 2.75) is 52.4 Å².